The summed E-state index contributed by atoms with van der Waals surface area (Å²) in [6.07, 6.45) is 1.25. The van der Waals surface area contributed by atoms with E-state index in [4.69, 9.17) is 9.26 Å². The molecule has 0 bridgehead atoms. The molecule has 1 saturated heterocycles. The summed E-state index contributed by atoms with van der Waals surface area (Å²) in [4.78, 5) is 26.5. The molecule has 1 aromatic heterocycles. The van der Waals surface area contributed by atoms with Gasteiger partial charge < -0.3 is 19.5 Å². The predicted molar refractivity (Wildman–Crippen MR) is 105 cm³/mol. The second-order valence-corrected chi connectivity index (χ2v) is 7.48. The molecule has 150 valence electrons. The maximum atomic E-state index is 12.4. The molecule has 1 aromatic carbocycles. The van der Waals surface area contributed by atoms with Crippen LogP contribution < -0.4 is 10.1 Å². The van der Waals surface area contributed by atoms with Crippen LogP contribution in [0, 0.1) is 12.8 Å². The molecule has 0 spiro atoms. The molecule has 1 fully saturated rings. The van der Waals surface area contributed by atoms with E-state index in [2.05, 4.69) is 24.3 Å². The van der Waals surface area contributed by atoms with Gasteiger partial charge in [-0.2, -0.15) is 0 Å². The third kappa shape index (κ3) is 5.12. The molecule has 0 aliphatic carbocycles. The van der Waals surface area contributed by atoms with Crippen molar-refractivity contribution < 1.29 is 18.8 Å². The van der Waals surface area contributed by atoms with Gasteiger partial charge in [0.2, 0.25) is 5.91 Å². The highest BCUT2D eigenvalue weighted by molar-refractivity contribution is 5.91. The van der Waals surface area contributed by atoms with Crippen LogP contribution in [0.1, 0.15) is 43.9 Å². The molecule has 7 nitrogen and oxygen atoms in total. The Hall–Kier alpha value is -2.83. The normalized spacial score (nSPS) is 14.9. The largest absolute Gasteiger partial charge is 0.484 e. The highest BCUT2D eigenvalue weighted by Gasteiger charge is 2.28. The zero-order valence-corrected chi connectivity index (χ0v) is 16.6. The van der Waals surface area contributed by atoms with E-state index < -0.39 is 0 Å². The number of nitrogens with zero attached hydrogens (tertiary/aromatic N) is 2. The number of hydrogen-bond acceptors (Lipinski definition) is 5. The summed E-state index contributed by atoms with van der Waals surface area (Å²) in [6, 6.07) is 9.51. The van der Waals surface area contributed by atoms with E-state index in [1.165, 1.54) is 5.56 Å². The Balaban J connectivity index is 1.42. The molecule has 0 radical (unpaired) electrons. The first-order chi connectivity index (χ1) is 13.4. The Morgan fingerprint density at radius 1 is 1.25 bits per heavy atom. The number of likely N-dealkylation sites (tertiary alicyclic amines) is 1. The van der Waals surface area contributed by atoms with Crippen molar-refractivity contribution in [2.45, 2.75) is 39.5 Å². The second-order valence-electron chi connectivity index (χ2n) is 7.48. The lowest BCUT2D eigenvalue weighted by molar-refractivity contribution is -0.136. The predicted octanol–water partition coefficient (Wildman–Crippen LogP) is 3.36. The summed E-state index contributed by atoms with van der Waals surface area (Å²) in [6.45, 7) is 7.14. The van der Waals surface area contributed by atoms with Crippen molar-refractivity contribution in [2.24, 2.45) is 5.92 Å². The van der Waals surface area contributed by atoms with Crippen LogP contribution in [0.2, 0.25) is 0 Å². The number of aromatic nitrogens is 1. The van der Waals surface area contributed by atoms with Gasteiger partial charge in [0.15, 0.2) is 12.4 Å². The fourth-order valence-electron chi connectivity index (χ4n) is 3.23. The van der Waals surface area contributed by atoms with Crippen LogP contribution in [0.3, 0.4) is 0 Å². The van der Waals surface area contributed by atoms with E-state index in [0.717, 1.165) is 0 Å². The number of anilines is 1. The van der Waals surface area contributed by atoms with Gasteiger partial charge in [0, 0.05) is 25.1 Å². The lowest BCUT2D eigenvalue weighted by Crippen LogP contribution is -2.43. The van der Waals surface area contributed by atoms with Gasteiger partial charge in [-0.15, -0.1) is 0 Å². The number of benzene rings is 1. The second kappa shape index (κ2) is 8.91. The van der Waals surface area contributed by atoms with E-state index in [0.29, 0.717) is 49.2 Å². The van der Waals surface area contributed by atoms with Crippen molar-refractivity contribution >= 4 is 17.6 Å². The van der Waals surface area contributed by atoms with Gasteiger partial charge in [-0.1, -0.05) is 31.1 Å². The van der Waals surface area contributed by atoms with E-state index in [9.17, 15) is 9.59 Å². The third-order valence-corrected chi connectivity index (χ3v) is 5.01. The number of hydrogen-bond donors (Lipinski definition) is 1. The first-order valence-electron chi connectivity index (χ1n) is 9.67. The highest BCUT2D eigenvalue weighted by Crippen LogP contribution is 2.21. The van der Waals surface area contributed by atoms with Crippen molar-refractivity contribution in [1.29, 1.82) is 0 Å². The summed E-state index contributed by atoms with van der Waals surface area (Å²) >= 11 is 0. The molecule has 1 N–H and O–H groups in total. The molecule has 0 unspecified atom stereocenters. The van der Waals surface area contributed by atoms with E-state index in [-0.39, 0.29) is 24.3 Å². The average Bonchev–Trinajstić information content (AvgIpc) is 3.11. The first-order valence-corrected chi connectivity index (χ1v) is 9.67. The zero-order valence-electron chi connectivity index (χ0n) is 16.6. The fourth-order valence-corrected chi connectivity index (χ4v) is 3.23. The number of carbonyl (C=O) groups excluding carboxylic acids is 2. The van der Waals surface area contributed by atoms with Gasteiger partial charge >= 0.3 is 0 Å². The number of carbonyl (C=O) groups is 2. The molecule has 0 saturated carbocycles. The van der Waals surface area contributed by atoms with Gasteiger partial charge in [0.1, 0.15) is 11.5 Å². The number of nitrogens with one attached hydrogen (secondary N) is 1. The molecule has 1 aliphatic heterocycles. The van der Waals surface area contributed by atoms with Crippen LogP contribution in [0.4, 0.5) is 5.82 Å². The Kier molecular flexibility index (Phi) is 6.34. The third-order valence-electron chi connectivity index (χ3n) is 5.01. The Morgan fingerprint density at radius 2 is 1.93 bits per heavy atom. The summed E-state index contributed by atoms with van der Waals surface area (Å²) in [7, 11) is 0. The quantitative estimate of drug-likeness (QED) is 0.824. The SMILES string of the molecule is Cc1cc(NC(=O)C2CCN(C(=O)COc3ccc(C(C)C)cc3)CC2)no1. The van der Waals surface area contributed by atoms with Crippen LogP contribution in [-0.4, -0.2) is 41.6 Å². The molecule has 2 amide bonds. The van der Waals surface area contributed by atoms with Crippen LogP contribution in [0.5, 0.6) is 5.75 Å². The molecular formula is C21H27N3O4. The molecule has 28 heavy (non-hydrogen) atoms. The number of rotatable bonds is 6. The van der Waals surface area contributed by atoms with Gasteiger partial charge in [-0.3, -0.25) is 9.59 Å². The molecule has 1 aliphatic rings. The number of amides is 2. The summed E-state index contributed by atoms with van der Waals surface area (Å²) in [5.74, 6) is 1.95. The van der Waals surface area contributed by atoms with Crippen molar-refractivity contribution in [2.75, 3.05) is 25.0 Å². The maximum absolute atomic E-state index is 12.4. The topological polar surface area (TPSA) is 84.7 Å². The molecule has 2 aromatic rings. The minimum atomic E-state index is -0.134. The van der Waals surface area contributed by atoms with Gasteiger partial charge in [0.05, 0.1) is 0 Å². The standard InChI is InChI=1S/C21H27N3O4/c1-14(2)16-4-6-18(7-5-16)27-13-20(25)24-10-8-17(9-11-24)21(26)22-19-12-15(3)28-23-19/h4-7,12,14,17H,8-11,13H2,1-3H3,(H,22,23,26). The summed E-state index contributed by atoms with van der Waals surface area (Å²) in [5.41, 5.74) is 1.24. The van der Waals surface area contributed by atoms with Crippen molar-refractivity contribution in [3.63, 3.8) is 0 Å². The van der Waals surface area contributed by atoms with Crippen LogP contribution in [-0.2, 0) is 9.59 Å². The van der Waals surface area contributed by atoms with E-state index in [1.807, 2.05) is 24.3 Å². The Labute approximate surface area is 165 Å². The smallest absolute Gasteiger partial charge is 0.260 e. The van der Waals surface area contributed by atoms with Crippen LogP contribution >= 0.6 is 0 Å². The minimum Gasteiger partial charge on any atom is -0.484 e. The van der Waals surface area contributed by atoms with Crippen LogP contribution in [0.25, 0.3) is 0 Å². The maximum Gasteiger partial charge on any atom is 0.260 e. The average molecular weight is 385 g/mol. The number of piperidine rings is 1. The molecule has 2 heterocycles. The molecule has 3 rings (SSSR count). The minimum absolute atomic E-state index is 0.0100. The van der Waals surface area contributed by atoms with Crippen LogP contribution in [0.15, 0.2) is 34.9 Å². The summed E-state index contributed by atoms with van der Waals surface area (Å²) < 4.78 is 10.6. The van der Waals surface area contributed by atoms with Gasteiger partial charge in [-0.25, -0.2) is 0 Å². The summed E-state index contributed by atoms with van der Waals surface area (Å²) in [5, 5.41) is 6.54. The number of ether oxygens (including phenoxy) is 1. The van der Waals surface area contributed by atoms with Crippen molar-refractivity contribution in [3.05, 3.63) is 41.7 Å². The number of aryl methyl sites for hydroxylation is 1. The van der Waals surface area contributed by atoms with Gasteiger partial charge in [-0.05, 0) is 43.4 Å². The first kappa shape index (κ1) is 19.9. The lowest BCUT2D eigenvalue weighted by atomic mass is 9.96. The lowest BCUT2D eigenvalue weighted by Gasteiger charge is -2.31. The van der Waals surface area contributed by atoms with Crippen molar-refractivity contribution in [3.8, 4) is 5.75 Å². The zero-order chi connectivity index (χ0) is 20.1. The van der Waals surface area contributed by atoms with Gasteiger partial charge in [0.25, 0.3) is 5.91 Å². The fraction of sp³-hybridized carbons (Fsp3) is 0.476. The Bertz CT molecular complexity index is 805. The molecule has 0 atom stereocenters. The monoisotopic (exact) mass is 385 g/mol. The highest BCUT2D eigenvalue weighted by atomic mass is 16.5. The van der Waals surface area contributed by atoms with E-state index in [1.54, 1.807) is 17.9 Å². The van der Waals surface area contributed by atoms with E-state index >= 15 is 0 Å². The Morgan fingerprint density at radius 3 is 2.50 bits per heavy atom. The molecular weight excluding hydrogens is 358 g/mol. The van der Waals surface area contributed by atoms with Crippen molar-refractivity contribution in [1.82, 2.24) is 10.1 Å². The molecule has 7 heteroatoms.